The first-order valence-electron chi connectivity index (χ1n) is 4.83. The van der Waals surface area contributed by atoms with Crippen molar-refractivity contribution in [3.63, 3.8) is 0 Å². The van der Waals surface area contributed by atoms with Crippen LogP contribution in [0.2, 0.25) is 0 Å². The van der Waals surface area contributed by atoms with E-state index in [1.165, 1.54) is 0 Å². The summed E-state index contributed by atoms with van der Waals surface area (Å²) in [6.45, 7) is -1.39. The molecule has 0 saturated heterocycles. The Morgan fingerprint density at radius 2 is 2.29 bits per heavy atom. The smallest absolute Gasteiger partial charge is 0.422 e. The van der Waals surface area contributed by atoms with Gasteiger partial charge in [0.2, 0.25) is 0 Å². The van der Waals surface area contributed by atoms with Crippen molar-refractivity contribution in [2.75, 3.05) is 13.2 Å². The standard InChI is InChI=1S/C9H12F3N3O2/c1-15-7(3-5-14-15)2-4-13-8(16)17-6-9(10,11)12/h3,5H,2,4,6H2,1H3,(H,13,16). The predicted octanol–water partition coefficient (Wildman–Crippen LogP) is 1.25. The molecule has 0 aliphatic heterocycles. The zero-order valence-corrected chi connectivity index (χ0v) is 9.12. The van der Waals surface area contributed by atoms with Crippen molar-refractivity contribution in [2.24, 2.45) is 7.05 Å². The predicted molar refractivity (Wildman–Crippen MR) is 52.3 cm³/mol. The van der Waals surface area contributed by atoms with Crippen LogP contribution in [-0.2, 0) is 18.2 Å². The van der Waals surface area contributed by atoms with Crippen molar-refractivity contribution >= 4 is 6.09 Å². The first kappa shape index (κ1) is 13.3. The van der Waals surface area contributed by atoms with Crippen LogP contribution in [0.1, 0.15) is 5.69 Å². The van der Waals surface area contributed by atoms with Crippen LogP contribution in [0, 0.1) is 0 Å². The van der Waals surface area contributed by atoms with Crippen LogP contribution in [0.3, 0.4) is 0 Å². The first-order chi connectivity index (χ1) is 7.88. The van der Waals surface area contributed by atoms with Crippen LogP contribution >= 0.6 is 0 Å². The summed E-state index contributed by atoms with van der Waals surface area (Å²) in [5.74, 6) is 0. The van der Waals surface area contributed by atoms with Gasteiger partial charge in [0.05, 0.1) is 0 Å². The van der Waals surface area contributed by atoms with Crippen LogP contribution in [-0.4, -0.2) is 35.2 Å². The molecule has 1 heterocycles. The van der Waals surface area contributed by atoms with E-state index in [2.05, 4.69) is 15.2 Å². The average molecular weight is 251 g/mol. The summed E-state index contributed by atoms with van der Waals surface area (Å²) in [4.78, 5) is 10.8. The number of rotatable bonds is 4. The number of nitrogens with zero attached hydrogens (tertiary/aromatic N) is 2. The molecule has 1 rings (SSSR count). The summed E-state index contributed by atoms with van der Waals surface area (Å²) >= 11 is 0. The number of ether oxygens (including phenoxy) is 1. The molecule has 96 valence electrons. The molecule has 0 radical (unpaired) electrons. The number of alkyl halides is 3. The molecule has 8 heteroatoms. The number of aryl methyl sites for hydroxylation is 1. The van der Waals surface area contributed by atoms with Gasteiger partial charge in [0.15, 0.2) is 6.61 Å². The SMILES string of the molecule is Cn1nccc1CCNC(=O)OCC(F)(F)F. The Morgan fingerprint density at radius 3 is 2.82 bits per heavy atom. The summed E-state index contributed by atoms with van der Waals surface area (Å²) in [5.41, 5.74) is 0.862. The van der Waals surface area contributed by atoms with Crippen LogP contribution < -0.4 is 5.32 Å². The van der Waals surface area contributed by atoms with Gasteiger partial charge in [-0.25, -0.2) is 4.79 Å². The third kappa shape index (κ3) is 5.23. The van der Waals surface area contributed by atoms with Gasteiger partial charge in [-0.2, -0.15) is 18.3 Å². The van der Waals surface area contributed by atoms with E-state index in [-0.39, 0.29) is 6.54 Å². The Hall–Kier alpha value is -1.73. The quantitative estimate of drug-likeness (QED) is 0.876. The summed E-state index contributed by atoms with van der Waals surface area (Å²) < 4.78 is 40.7. The summed E-state index contributed by atoms with van der Waals surface area (Å²) in [5, 5.41) is 6.13. The maximum atomic E-state index is 11.7. The molecule has 0 aromatic carbocycles. The molecule has 0 fully saturated rings. The fourth-order valence-corrected chi connectivity index (χ4v) is 1.14. The van der Waals surface area contributed by atoms with E-state index in [0.717, 1.165) is 5.69 Å². The molecule has 5 nitrogen and oxygen atoms in total. The van der Waals surface area contributed by atoms with E-state index in [1.807, 2.05) is 0 Å². The normalized spacial score (nSPS) is 11.3. The zero-order chi connectivity index (χ0) is 12.9. The number of amides is 1. The second-order valence-corrected chi connectivity index (χ2v) is 3.31. The zero-order valence-electron chi connectivity index (χ0n) is 9.12. The van der Waals surface area contributed by atoms with Crippen molar-refractivity contribution < 1.29 is 22.7 Å². The molecule has 0 unspecified atom stereocenters. The molecule has 0 bridgehead atoms. The molecular formula is C9H12F3N3O2. The fraction of sp³-hybridized carbons (Fsp3) is 0.556. The molecule has 0 aliphatic carbocycles. The number of aromatic nitrogens is 2. The molecule has 0 spiro atoms. The highest BCUT2D eigenvalue weighted by Gasteiger charge is 2.29. The third-order valence-electron chi connectivity index (χ3n) is 1.94. The molecular weight excluding hydrogens is 239 g/mol. The highest BCUT2D eigenvalue weighted by molar-refractivity contribution is 5.67. The van der Waals surface area contributed by atoms with Gasteiger partial charge in [0.1, 0.15) is 0 Å². The minimum absolute atomic E-state index is 0.191. The van der Waals surface area contributed by atoms with Crippen molar-refractivity contribution in [3.8, 4) is 0 Å². The number of hydrogen-bond donors (Lipinski definition) is 1. The number of carbonyl (C=O) groups excluding carboxylic acids is 1. The average Bonchev–Trinajstić information content (AvgIpc) is 2.61. The maximum absolute atomic E-state index is 11.7. The molecule has 1 amide bonds. The number of hydrogen-bond acceptors (Lipinski definition) is 3. The van der Waals surface area contributed by atoms with E-state index in [4.69, 9.17) is 0 Å². The molecule has 0 saturated carbocycles. The van der Waals surface area contributed by atoms with Crippen molar-refractivity contribution in [1.82, 2.24) is 15.1 Å². The second-order valence-electron chi connectivity index (χ2n) is 3.31. The number of nitrogens with one attached hydrogen (secondary N) is 1. The second kappa shape index (κ2) is 5.55. The van der Waals surface area contributed by atoms with Crippen molar-refractivity contribution in [1.29, 1.82) is 0 Å². The molecule has 0 aliphatic rings. The van der Waals surface area contributed by atoms with Gasteiger partial charge >= 0.3 is 12.3 Å². The Balaban J connectivity index is 2.19. The highest BCUT2D eigenvalue weighted by Crippen LogP contribution is 2.14. The van der Waals surface area contributed by atoms with Crippen molar-refractivity contribution in [2.45, 2.75) is 12.6 Å². The van der Waals surface area contributed by atoms with Crippen LogP contribution in [0.5, 0.6) is 0 Å². The van der Waals surface area contributed by atoms with Gasteiger partial charge in [-0.15, -0.1) is 0 Å². The number of carbonyl (C=O) groups is 1. The molecule has 1 aromatic heterocycles. The topological polar surface area (TPSA) is 56.2 Å². The summed E-state index contributed by atoms with van der Waals surface area (Å²) in [6.07, 6.45) is -3.52. The van der Waals surface area contributed by atoms with Gasteiger partial charge in [-0.3, -0.25) is 4.68 Å². The van der Waals surface area contributed by atoms with Crippen LogP contribution in [0.25, 0.3) is 0 Å². The summed E-state index contributed by atoms with van der Waals surface area (Å²) in [7, 11) is 1.73. The van der Waals surface area contributed by atoms with Crippen LogP contribution in [0.15, 0.2) is 12.3 Å². The minimum Gasteiger partial charge on any atom is -0.440 e. The third-order valence-corrected chi connectivity index (χ3v) is 1.94. The molecule has 1 aromatic rings. The maximum Gasteiger partial charge on any atom is 0.422 e. The lowest BCUT2D eigenvalue weighted by Crippen LogP contribution is -2.30. The molecule has 1 N–H and O–H groups in total. The Bertz CT molecular complexity index is 376. The lowest BCUT2D eigenvalue weighted by Gasteiger charge is -2.09. The largest absolute Gasteiger partial charge is 0.440 e. The first-order valence-corrected chi connectivity index (χ1v) is 4.83. The summed E-state index contributed by atoms with van der Waals surface area (Å²) in [6, 6.07) is 1.75. The van der Waals surface area contributed by atoms with Gasteiger partial charge < -0.3 is 10.1 Å². The lowest BCUT2D eigenvalue weighted by molar-refractivity contribution is -0.160. The Morgan fingerprint density at radius 1 is 1.59 bits per heavy atom. The fourth-order valence-electron chi connectivity index (χ4n) is 1.14. The monoisotopic (exact) mass is 251 g/mol. The minimum atomic E-state index is -4.50. The van der Waals surface area contributed by atoms with Gasteiger partial charge in [-0.1, -0.05) is 0 Å². The van der Waals surface area contributed by atoms with Crippen LogP contribution in [0.4, 0.5) is 18.0 Å². The van der Waals surface area contributed by atoms with E-state index >= 15 is 0 Å². The molecule has 0 atom stereocenters. The van der Waals surface area contributed by atoms with E-state index in [1.54, 1.807) is 24.0 Å². The van der Waals surface area contributed by atoms with Crippen molar-refractivity contribution in [3.05, 3.63) is 18.0 Å². The lowest BCUT2D eigenvalue weighted by atomic mass is 10.3. The Kier molecular flexibility index (Phi) is 4.36. The number of halogens is 3. The van der Waals surface area contributed by atoms with E-state index in [9.17, 15) is 18.0 Å². The number of alkyl carbamates (subject to hydrolysis) is 1. The van der Waals surface area contributed by atoms with Gasteiger partial charge in [0, 0.05) is 31.9 Å². The van der Waals surface area contributed by atoms with Gasteiger partial charge in [-0.05, 0) is 6.07 Å². The van der Waals surface area contributed by atoms with E-state index < -0.39 is 18.9 Å². The highest BCUT2D eigenvalue weighted by atomic mass is 19.4. The Labute approximate surface area is 95.5 Å². The van der Waals surface area contributed by atoms with Gasteiger partial charge in [0.25, 0.3) is 0 Å². The molecule has 17 heavy (non-hydrogen) atoms. The van der Waals surface area contributed by atoms with E-state index in [0.29, 0.717) is 6.42 Å².